The van der Waals surface area contributed by atoms with Crippen molar-refractivity contribution in [1.29, 1.82) is 0 Å². The van der Waals surface area contributed by atoms with E-state index in [-0.39, 0.29) is 12.0 Å². The molecule has 0 saturated carbocycles. The third kappa shape index (κ3) is 5.12. The van der Waals surface area contributed by atoms with Crippen molar-refractivity contribution in [3.63, 3.8) is 0 Å². The molecule has 2 aliphatic rings. The fourth-order valence-corrected chi connectivity index (χ4v) is 3.48. The number of morpholine rings is 1. The van der Waals surface area contributed by atoms with Crippen LogP contribution in [0.1, 0.15) is 19.8 Å². The molecule has 1 aromatic rings. The molecular formula is C18H29N5O2. The average molecular weight is 347 g/mol. The van der Waals surface area contributed by atoms with Crippen LogP contribution >= 0.6 is 0 Å². The Kier molecular flexibility index (Phi) is 6.20. The lowest BCUT2D eigenvalue weighted by Gasteiger charge is -2.36. The molecule has 3 heterocycles. The molecule has 1 aromatic heterocycles. The molecule has 25 heavy (non-hydrogen) atoms. The highest BCUT2D eigenvalue weighted by Crippen LogP contribution is 2.17. The van der Waals surface area contributed by atoms with Crippen molar-refractivity contribution in [2.24, 2.45) is 5.92 Å². The van der Waals surface area contributed by atoms with Crippen molar-refractivity contribution in [2.45, 2.75) is 25.9 Å². The molecule has 0 spiro atoms. The summed E-state index contributed by atoms with van der Waals surface area (Å²) in [5, 5.41) is 8.04. The Hall–Kier alpha value is -1.73. The van der Waals surface area contributed by atoms with Crippen molar-refractivity contribution in [3.8, 4) is 0 Å². The van der Waals surface area contributed by atoms with Crippen LogP contribution in [0.5, 0.6) is 0 Å². The van der Waals surface area contributed by atoms with Crippen LogP contribution in [0.3, 0.4) is 0 Å². The first-order chi connectivity index (χ1) is 12.1. The van der Waals surface area contributed by atoms with Gasteiger partial charge < -0.3 is 14.5 Å². The molecule has 2 saturated heterocycles. The van der Waals surface area contributed by atoms with E-state index in [2.05, 4.69) is 26.9 Å². The molecule has 0 aliphatic carbocycles. The lowest BCUT2D eigenvalue weighted by atomic mass is 9.99. The second-order valence-electron chi connectivity index (χ2n) is 7.25. The smallest absolute Gasteiger partial charge is 0.236 e. The zero-order chi connectivity index (χ0) is 17.6. The monoisotopic (exact) mass is 347 g/mol. The Labute approximate surface area is 149 Å². The number of nitrogens with zero attached hydrogens (tertiary/aromatic N) is 5. The van der Waals surface area contributed by atoms with E-state index in [1.54, 1.807) is 6.20 Å². The summed E-state index contributed by atoms with van der Waals surface area (Å²) >= 11 is 0. The number of likely N-dealkylation sites (N-methyl/N-ethyl adjacent to an activating group) is 1. The van der Waals surface area contributed by atoms with Gasteiger partial charge in [0.05, 0.1) is 19.3 Å². The molecule has 7 nitrogen and oxygen atoms in total. The summed E-state index contributed by atoms with van der Waals surface area (Å²) < 4.78 is 5.89. The maximum absolute atomic E-state index is 12.5. The molecule has 2 aliphatic heterocycles. The number of carbonyl (C=O) groups is 1. The molecular weight excluding hydrogens is 318 g/mol. The number of likely N-dealkylation sites (tertiary alicyclic amines) is 1. The Morgan fingerprint density at radius 1 is 1.36 bits per heavy atom. The van der Waals surface area contributed by atoms with Crippen LogP contribution in [0.25, 0.3) is 0 Å². The minimum absolute atomic E-state index is 0.0786. The number of hydrogen-bond donors (Lipinski definition) is 0. The normalized spacial score (nSPS) is 22.8. The first-order valence-electron chi connectivity index (χ1n) is 9.22. The van der Waals surface area contributed by atoms with E-state index >= 15 is 0 Å². The first kappa shape index (κ1) is 18.1. The van der Waals surface area contributed by atoms with Crippen LogP contribution in [0, 0.1) is 5.92 Å². The van der Waals surface area contributed by atoms with Crippen molar-refractivity contribution in [1.82, 2.24) is 20.0 Å². The Morgan fingerprint density at radius 2 is 2.16 bits per heavy atom. The van der Waals surface area contributed by atoms with E-state index in [4.69, 9.17) is 4.74 Å². The predicted molar refractivity (Wildman–Crippen MR) is 96.5 cm³/mol. The summed E-state index contributed by atoms with van der Waals surface area (Å²) in [4.78, 5) is 18.8. The van der Waals surface area contributed by atoms with Crippen LogP contribution in [-0.4, -0.2) is 84.9 Å². The maximum Gasteiger partial charge on any atom is 0.236 e. The number of amides is 1. The summed E-state index contributed by atoms with van der Waals surface area (Å²) in [5.41, 5.74) is 0. The summed E-state index contributed by atoms with van der Waals surface area (Å²) in [7, 11) is 1.99. The van der Waals surface area contributed by atoms with Crippen molar-refractivity contribution < 1.29 is 9.53 Å². The lowest BCUT2D eigenvalue weighted by Crippen LogP contribution is -2.51. The predicted octanol–water partition coefficient (Wildman–Crippen LogP) is 0.872. The van der Waals surface area contributed by atoms with E-state index in [0.717, 1.165) is 57.3 Å². The van der Waals surface area contributed by atoms with Gasteiger partial charge in [0.15, 0.2) is 5.82 Å². The van der Waals surface area contributed by atoms with Crippen LogP contribution in [0.15, 0.2) is 18.3 Å². The number of piperidine rings is 1. The van der Waals surface area contributed by atoms with Gasteiger partial charge in [0.25, 0.3) is 0 Å². The first-order valence-corrected chi connectivity index (χ1v) is 9.22. The number of rotatable bonds is 5. The maximum atomic E-state index is 12.5. The van der Waals surface area contributed by atoms with E-state index in [9.17, 15) is 4.79 Å². The third-order valence-corrected chi connectivity index (χ3v) is 5.14. The second-order valence-corrected chi connectivity index (χ2v) is 7.25. The number of aromatic nitrogens is 2. The summed E-state index contributed by atoms with van der Waals surface area (Å²) in [6, 6.07) is 3.82. The van der Waals surface area contributed by atoms with Gasteiger partial charge in [-0.25, -0.2) is 0 Å². The highest BCUT2D eigenvalue weighted by Gasteiger charge is 2.26. The quantitative estimate of drug-likeness (QED) is 0.788. The molecule has 0 aromatic carbocycles. The molecule has 2 fully saturated rings. The Morgan fingerprint density at radius 3 is 2.88 bits per heavy atom. The molecule has 138 valence electrons. The van der Waals surface area contributed by atoms with E-state index in [1.807, 2.05) is 24.1 Å². The van der Waals surface area contributed by atoms with Gasteiger partial charge in [-0.1, -0.05) is 6.92 Å². The van der Waals surface area contributed by atoms with Gasteiger partial charge in [0.2, 0.25) is 5.91 Å². The SMILES string of the molecule is CC1CCN(C(=O)CN2CCO[C@@H](CN(C)c3cccnn3)C2)CC1. The van der Waals surface area contributed by atoms with Crippen LogP contribution in [0.2, 0.25) is 0 Å². The molecule has 0 radical (unpaired) electrons. The summed E-state index contributed by atoms with van der Waals surface area (Å²) in [5.74, 6) is 1.84. The van der Waals surface area contributed by atoms with Gasteiger partial charge >= 0.3 is 0 Å². The molecule has 7 heteroatoms. The number of anilines is 1. The molecule has 1 amide bonds. The fourth-order valence-electron chi connectivity index (χ4n) is 3.48. The highest BCUT2D eigenvalue weighted by molar-refractivity contribution is 5.78. The van der Waals surface area contributed by atoms with E-state index in [0.29, 0.717) is 13.2 Å². The van der Waals surface area contributed by atoms with Gasteiger partial charge in [-0.05, 0) is 30.9 Å². The number of hydrogen-bond acceptors (Lipinski definition) is 6. The van der Waals surface area contributed by atoms with Gasteiger partial charge in [0.1, 0.15) is 0 Å². The van der Waals surface area contributed by atoms with E-state index in [1.165, 1.54) is 0 Å². The largest absolute Gasteiger partial charge is 0.374 e. The van der Waals surface area contributed by atoms with Gasteiger partial charge in [-0.2, -0.15) is 5.10 Å². The average Bonchev–Trinajstić information content (AvgIpc) is 2.63. The van der Waals surface area contributed by atoms with Crippen molar-refractivity contribution >= 4 is 11.7 Å². The highest BCUT2D eigenvalue weighted by atomic mass is 16.5. The minimum atomic E-state index is 0.0786. The van der Waals surface area contributed by atoms with Crippen LogP contribution in [-0.2, 0) is 9.53 Å². The zero-order valence-corrected chi connectivity index (χ0v) is 15.3. The van der Waals surface area contributed by atoms with Crippen molar-refractivity contribution in [3.05, 3.63) is 18.3 Å². The zero-order valence-electron chi connectivity index (χ0n) is 15.3. The Balaban J connectivity index is 1.47. The van der Waals surface area contributed by atoms with Crippen LogP contribution < -0.4 is 4.90 Å². The topological polar surface area (TPSA) is 61.8 Å². The third-order valence-electron chi connectivity index (χ3n) is 5.14. The van der Waals surface area contributed by atoms with Gasteiger partial charge in [-0.15, -0.1) is 5.10 Å². The lowest BCUT2D eigenvalue weighted by molar-refractivity contribution is -0.135. The minimum Gasteiger partial charge on any atom is -0.374 e. The van der Waals surface area contributed by atoms with E-state index < -0.39 is 0 Å². The van der Waals surface area contributed by atoms with Crippen molar-refractivity contribution in [2.75, 3.05) is 57.8 Å². The molecule has 0 unspecified atom stereocenters. The number of carbonyl (C=O) groups excluding carboxylic acids is 1. The summed E-state index contributed by atoms with van der Waals surface area (Å²) in [6.07, 6.45) is 4.00. The Bertz CT molecular complexity index is 548. The molecule has 3 rings (SSSR count). The van der Waals surface area contributed by atoms with Gasteiger partial charge in [-0.3, -0.25) is 9.69 Å². The fraction of sp³-hybridized carbons (Fsp3) is 0.722. The summed E-state index contributed by atoms with van der Waals surface area (Å²) in [6.45, 7) is 7.59. The molecule has 0 bridgehead atoms. The second kappa shape index (κ2) is 8.58. The standard InChI is InChI=1S/C18H29N5O2/c1-15-5-8-23(9-6-15)18(24)14-22-10-11-25-16(13-22)12-21(2)17-4-3-7-19-20-17/h3-4,7,15-16H,5-6,8-14H2,1-2H3/t16-/m0/s1. The number of ether oxygens (including phenoxy) is 1. The van der Waals surface area contributed by atoms with Gasteiger partial charge in [0, 0.05) is 46.0 Å². The molecule has 0 N–H and O–H groups in total. The molecule has 1 atom stereocenters. The van der Waals surface area contributed by atoms with Crippen LogP contribution in [0.4, 0.5) is 5.82 Å².